The van der Waals surface area contributed by atoms with E-state index in [1.807, 2.05) is 23.1 Å². The summed E-state index contributed by atoms with van der Waals surface area (Å²) in [6, 6.07) is 10.2. The van der Waals surface area contributed by atoms with Crippen LogP contribution in [-0.4, -0.2) is 71.1 Å². The molecule has 0 saturated carbocycles. The number of amides is 2. The van der Waals surface area contributed by atoms with Gasteiger partial charge < -0.3 is 14.3 Å². The van der Waals surface area contributed by atoms with Crippen LogP contribution in [0.3, 0.4) is 0 Å². The summed E-state index contributed by atoms with van der Waals surface area (Å²) in [4.78, 5) is 22.1. The van der Waals surface area contributed by atoms with E-state index in [-0.39, 0.29) is 6.03 Å². The van der Waals surface area contributed by atoms with E-state index in [1.54, 1.807) is 19.0 Å². The Bertz CT molecular complexity index is 663. The third-order valence-corrected chi connectivity index (χ3v) is 4.10. The highest BCUT2D eigenvalue weighted by Crippen LogP contribution is 2.10. The molecule has 1 aliphatic heterocycles. The minimum absolute atomic E-state index is 0.0672. The van der Waals surface area contributed by atoms with Crippen molar-refractivity contribution in [2.45, 2.75) is 13.0 Å². The minimum Gasteiger partial charge on any atom is -0.338 e. The first kappa shape index (κ1) is 16.4. The zero-order valence-electron chi connectivity index (χ0n) is 14.2. The maximum Gasteiger partial charge on any atom is 0.319 e. The Morgan fingerprint density at radius 3 is 2.54 bits per heavy atom. The zero-order chi connectivity index (χ0) is 16.9. The number of rotatable bonds is 4. The third kappa shape index (κ3) is 4.11. The first-order chi connectivity index (χ1) is 11.6. The molecule has 0 spiro atoms. The number of nitrogens with zero attached hydrogens (tertiary/aromatic N) is 5. The molecule has 0 unspecified atom stereocenters. The Hall–Kier alpha value is -2.41. The number of hydrogen-bond acceptors (Lipinski definition) is 5. The van der Waals surface area contributed by atoms with Gasteiger partial charge in [-0.15, -0.1) is 0 Å². The second-order valence-corrected chi connectivity index (χ2v) is 6.21. The highest BCUT2D eigenvalue weighted by molar-refractivity contribution is 5.73. The van der Waals surface area contributed by atoms with Crippen LogP contribution in [0.25, 0.3) is 0 Å². The van der Waals surface area contributed by atoms with Gasteiger partial charge in [0.2, 0.25) is 5.89 Å². The lowest BCUT2D eigenvalue weighted by Crippen LogP contribution is -2.51. The van der Waals surface area contributed by atoms with Crippen molar-refractivity contribution in [3.8, 4) is 0 Å². The third-order valence-electron chi connectivity index (χ3n) is 4.10. The molecule has 2 aromatic rings. The quantitative estimate of drug-likeness (QED) is 0.850. The van der Waals surface area contributed by atoms with Gasteiger partial charge in [0.15, 0.2) is 5.82 Å². The SMILES string of the molecule is CN(C)C(=O)N1CCN(Cc2nc(Cc3ccccc3)no2)CC1. The van der Waals surface area contributed by atoms with Gasteiger partial charge in [-0.2, -0.15) is 4.98 Å². The minimum atomic E-state index is 0.0672. The number of hydrogen-bond donors (Lipinski definition) is 0. The Morgan fingerprint density at radius 2 is 1.88 bits per heavy atom. The monoisotopic (exact) mass is 329 g/mol. The Morgan fingerprint density at radius 1 is 1.17 bits per heavy atom. The lowest BCUT2D eigenvalue weighted by Gasteiger charge is -2.35. The summed E-state index contributed by atoms with van der Waals surface area (Å²) >= 11 is 0. The molecule has 7 heteroatoms. The van der Waals surface area contributed by atoms with Gasteiger partial charge in [0.1, 0.15) is 0 Å². The fraction of sp³-hybridized carbons (Fsp3) is 0.471. The largest absolute Gasteiger partial charge is 0.338 e. The van der Waals surface area contributed by atoms with Gasteiger partial charge in [-0.1, -0.05) is 35.5 Å². The van der Waals surface area contributed by atoms with Gasteiger partial charge in [-0.25, -0.2) is 4.79 Å². The maximum atomic E-state index is 11.9. The maximum absolute atomic E-state index is 11.9. The summed E-state index contributed by atoms with van der Waals surface area (Å²) < 4.78 is 5.36. The molecular weight excluding hydrogens is 306 g/mol. The first-order valence-electron chi connectivity index (χ1n) is 8.16. The molecular formula is C17H23N5O2. The van der Waals surface area contributed by atoms with Crippen LogP contribution >= 0.6 is 0 Å². The van der Waals surface area contributed by atoms with E-state index in [0.717, 1.165) is 26.2 Å². The summed E-state index contributed by atoms with van der Waals surface area (Å²) in [5.41, 5.74) is 1.17. The van der Waals surface area contributed by atoms with Crippen LogP contribution in [0.15, 0.2) is 34.9 Å². The van der Waals surface area contributed by atoms with E-state index in [4.69, 9.17) is 4.52 Å². The average molecular weight is 329 g/mol. The molecule has 3 rings (SSSR count). The molecule has 0 radical (unpaired) electrons. The smallest absolute Gasteiger partial charge is 0.319 e. The van der Waals surface area contributed by atoms with Crippen LogP contribution in [0, 0.1) is 0 Å². The molecule has 2 heterocycles. The summed E-state index contributed by atoms with van der Waals surface area (Å²) in [7, 11) is 3.56. The molecule has 7 nitrogen and oxygen atoms in total. The number of carbonyl (C=O) groups excluding carboxylic acids is 1. The van der Waals surface area contributed by atoms with Crippen LogP contribution in [0.2, 0.25) is 0 Å². The van der Waals surface area contributed by atoms with Crippen molar-refractivity contribution in [1.29, 1.82) is 0 Å². The Balaban J connectivity index is 1.50. The van der Waals surface area contributed by atoms with Crippen LogP contribution in [0.4, 0.5) is 4.79 Å². The van der Waals surface area contributed by atoms with Crippen molar-refractivity contribution in [3.05, 3.63) is 47.6 Å². The molecule has 0 bridgehead atoms. The molecule has 128 valence electrons. The molecule has 1 saturated heterocycles. The van der Waals surface area contributed by atoms with E-state index in [2.05, 4.69) is 27.2 Å². The van der Waals surface area contributed by atoms with Crippen molar-refractivity contribution in [1.82, 2.24) is 24.8 Å². The molecule has 0 atom stereocenters. The van der Waals surface area contributed by atoms with Crippen LogP contribution in [0.1, 0.15) is 17.3 Å². The topological polar surface area (TPSA) is 65.7 Å². The van der Waals surface area contributed by atoms with E-state index in [9.17, 15) is 4.79 Å². The fourth-order valence-corrected chi connectivity index (χ4v) is 2.78. The van der Waals surface area contributed by atoms with Crippen LogP contribution in [0.5, 0.6) is 0 Å². The molecule has 24 heavy (non-hydrogen) atoms. The molecule has 1 fully saturated rings. The lowest BCUT2D eigenvalue weighted by molar-refractivity contribution is 0.113. The Labute approximate surface area is 141 Å². The Kier molecular flexibility index (Phi) is 5.10. The van der Waals surface area contributed by atoms with E-state index in [1.165, 1.54) is 5.56 Å². The average Bonchev–Trinajstić information content (AvgIpc) is 3.02. The van der Waals surface area contributed by atoms with E-state index in [0.29, 0.717) is 24.7 Å². The molecule has 0 N–H and O–H groups in total. The second kappa shape index (κ2) is 7.44. The fourth-order valence-electron chi connectivity index (χ4n) is 2.78. The van der Waals surface area contributed by atoms with Crippen molar-refractivity contribution in [2.24, 2.45) is 0 Å². The number of urea groups is 1. The standard InChI is InChI=1S/C17H23N5O2/c1-20(2)17(23)22-10-8-21(9-11-22)13-16-18-15(19-24-16)12-14-6-4-3-5-7-14/h3-7H,8-13H2,1-2H3. The normalized spacial score (nSPS) is 15.5. The van der Waals surface area contributed by atoms with Crippen molar-refractivity contribution < 1.29 is 9.32 Å². The van der Waals surface area contributed by atoms with Crippen molar-refractivity contribution >= 4 is 6.03 Å². The van der Waals surface area contributed by atoms with Crippen molar-refractivity contribution in [2.75, 3.05) is 40.3 Å². The molecule has 1 aromatic carbocycles. The molecule has 1 aromatic heterocycles. The second-order valence-electron chi connectivity index (χ2n) is 6.21. The van der Waals surface area contributed by atoms with Crippen LogP contribution in [-0.2, 0) is 13.0 Å². The molecule has 1 aliphatic rings. The van der Waals surface area contributed by atoms with Gasteiger partial charge in [-0.3, -0.25) is 4.90 Å². The highest BCUT2D eigenvalue weighted by atomic mass is 16.5. The summed E-state index contributed by atoms with van der Waals surface area (Å²) in [5.74, 6) is 1.34. The highest BCUT2D eigenvalue weighted by Gasteiger charge is 2.23. The molecule has 0 aliphatic carbocycles. The van der Waals surface area contributed by atoms with E-state index >= 15 is 0 Å². The number of benzene rings is 1. The van der Waals surface area contributed by atoms with Gasteiger partial charge >= 0.3 is 6.03 Å². The van der Waals surface area contributed by atoms with Crippen molar-refractivity contribution in [3.63, 3.8) is 0 Å². The van der Waals surface area contributed by atoms with Crippen LogP contribution < -0.4 is 0 Å². The predicted octanol–water partition coefficient (Wildman–Crippen LogP) is 1.46. The zero-order valence-corrected chi connectivity index (χ0v) is 14.2. The predicted molar refractivity (Wildman–Crippen MR) is 89.5 cm³/mol. The summed E-state index contributed by atoms with van der Waals surface area (Å²) in [6.45, 7) is 3.71. The first-order valence-corrected chi connectivity index (χ1v) is 8.16. The number of carbonyl (C=O) groups is 1. The van der Waals surface area contributed by atoms with Gasteiger partial charge in [-0.05, 0) is 5.56 Å². The van der Waals surface area contributed by atoms with Gasteiger partial charge in [0, 0.05) is 46.7 Å². The number of aromatic nitrogens is 2. The van der Waals surface area contributed by atoms with Gasteiger partial charge in [0.25, 0.3) is 0 Å². The van der Waals surface area contributed by atoms with Gasteiger partial charge in [0.05, 0.1) is 6.54 Å². The summed E-state index contributed by atoms with van der Waals surface area (Å²) in [5, 5.41) is 4.06. The molecule has 2 amide bonds. The summed E-state index contributed by atoms with van der Waals surface area (Å²) in [6.07, 6.45) is 0.676. The number of piperazine rings is 1. The van der Waals surface area contributed by atoms with E-state index < -0.39 is 0 Å². The lowest BCUT2D eigenvalue weighted by atomic mass is 10.1.